The Labute approximate surface area is 101 Å². The zero-order valence-electron chi connectivity index (χ0n) is 9.96. The number of hydrogen-bond donors (Lipinski definition) is 1. The van der Waals surface area contributed by atoms with E-state index in [-0.39, 0.29) is 5.82 Å². The predicted octanol–water partition coefficient (Wildman–Crippen LogP) is 3.47. The fourth-order valence-corrected chi connectivity index (χ4v) is 2.37. The van der Waals surface area contributed by atoms with Crippen LogP contribution in [0.4, 0.5) is 4.39 Å². The fourth-order valence-electron chi connectivity index (χ4n) is 1.36. The molecule has 0 saturated carbocycles. The number of allylic oxidation sites excluding steroid dienone is 1. The van der Waals surface area contributed by atoms with Gasteiger partial charge in [0.1, 0.15) is 5.82 Å². The van der Waals surface area contributed by atoms with Crippen molar-refractivity contribution in [1.82, 2.24) is 5.32 Å². The van der Waals surface area contributed by atoms with Gasteiger partial charge in [0, 0.05) is 16.7 Å². The van der Waals surface area contributed by atoms with Gasteiger partial charge in [0.25, 0.3) is 0 Å². The van der Waals surface area contributed by atoms with E-state index in [1.54, 1.807) is 23.9 Å². The second-order valence-electron chi connectivity index (χ2n) is 3.91. The summed E-state index contributed by atoms with van der Waals surface area (Å²) in [4.78, 5) is 0.974. The highest BCUT2D eigenvalue weighted by molar-refractivity contribution is 7.99. The number of thioether (sulfide) groups is 1. The third-order valence-corrected chi connectivity index (χ3v) is 3.24. The molecular weight excluding hydrogens is 221 g/mol. The number of halogens is 1. The van der Waals surface area contributed by atoms with E-state index in [4.69, 9.17) is 0 Å². The van der Waals surface area contributed by atoms with Gasteiger partial charge in [0.15, 0.2) is 0 Å². The van der Waals surface area contributed by atoms with Crippen LogP contribution in [0.1, 0.15) is 13.8 Å². The molecule has 0 aliphatic rings. The maximum Gasteiger partial charge on any atom is 0.124 e. The van der Waals surface area contributed by atoms with Crippen molar-refractivity contribution < 1.29 is 4.39 Å². The highest BCUT2D eigenvalue weighted by atomic mass is 32.2. The lowest BCUT2D eigenvalue weighted by Gasteiger charge is -2.12. The molecule has 88 valence electrons. The Hall–Kier alpha value is -0.800. The third kappa shape index (κ3) is 4.81. The first-order chi connectivity index (χ1) is 7.61. The van der Waals surface area contributed by atoms with Crippen molar-refractivity contribution in [2.24, 2.45) is 0 Å². The smallest absolute Gasteiger partial charge is 0.124 e. The van der Waals surface area contributed by atoms with Crippen LogP contribution in [0.2, 0.25) is 0 Å². The largest absolute Gasteiger partial charge is 0.313 e. The Morgan fingerprint density at radius 1 is 1.50 bits per heavy atom. The van der Waals surface area contributed by atoms with Crippen LogP contribution in [0.3, 0.4) is 0 Å². The van der Waals surface area contributed by atoms with Crippen LogP contribution >= 0.6 is 11.8 Å². The number of likely N-dealkylation sites (N-methyl/N-ethyl adjacent to an activating group) is 1. The summed E-state index contributed by atoms with van der Waals surface area (Å²) in [5, 5.41) is 3.23. The standard InChI is InChI=1S/C13H18FNS/c1-10(2)7-12(15-3)9-16-13-6-4-5-11(14)8-13/h4-8,12,15H,9H2,1-3H3. The number of rotatable bonds is 5. The summed E-state index contributed by atoms with van der Waals surface area (Å²) in [7, 11) is 1.94. The molecule has 0 heterocycles. The van der Waals surface area contributed by atoms with Crippen molar-refractivity contribution >= 4 is 11.8 Å². The number of hydrogen-bond acceptors (Lipinski definition) is 2. The lowest BCUT2D eigenvalue weighted by molar-refractivity contribution is 0.624. The lowest BCUT2D eigenvalue weighted by atomic mass is 10.2. The van der Waals surface area contributed by atoms with Crippen molar-refractivity contribution in [1.29, 1.82) is 0 Å². The van der Waals surface area contributed by atoms with Gasteiger partial charge in [-0.1, -0.05) is 17.7 Å². The third-order valence-electron chi connectivity index (χ3n) is 2.13. The van der Waals surface area contributed by atoms with E-state index in [0.29, 0.717) is 6.04 Å². The van der Waals surface area contributed by atoms with E-state index in [0.717, 1.165) is 10.6 Å². The SMILES string of the molecule is CNC(C=C(C)C)CSc1cccc(F)c1. The second kappa shape index (κ2) is 6.71. The van der Waals surface area contributed by atoms with E-state index < -0.39 is 0 Å². The average Bonchev–Trinajstić information content (AvgIpc) is 2.24. The number of nitrogens with one attached hydrogen (secondary N) is 1. The van der Waals surface area contributed by atoms with E-state index in [1.807, 2.05) is 13.1 Å². The molecule has 1 N–H and O–H groups in total. The molecule has 0 aliphatic carbocycles. The van der Waals surface area contributed by atoms with Crippen LogP contribution in [0.5, 0.6) is 0 Å². The summed E-state index contributed by atoms with van der Waals surface area (Å²) in [5.41, 5.74) is 1.29. The summed E-state index contributed by atoms with van der Waals surface area (Å²) in [6.07, 6.45) is 2.19. The van der Waals surface area contributed by atoms with Crippen LogP contribution in [-0.4, -0.2) is 18.8 Å². The molecule has 1 unspecified atom stereocenters. The monoisotopic (exact) mass is 239 g/mol. The number of benzene rings is 1. The molecule has 0 aromatic heterocycles. The van der Waals surface area contributed by atoms with Crippen LogP contribution in [0.15, 0.2) is 40.8 Å². The first kappa shape index (κ1) is 13.3. The summed E-state index contributed by atoms with van der Waals surface area (Å²) < 4.78 is 12.9. The van der Waals surface area contributed by atoms with Crippen molar-refractivity contribution in [3.8, 4) is 0 Å². The molecule has 1 aromatic rings. The van der Waals surface area contributed by atoms with Crippen molar-refractivity contribution in [3.05, 3.63) is 41.7 Å². The summed E-state index contributed by atoms with van der Waals surface area (Å²) in [5.74, 6) is 0.735. The Morgan fingerprint density at radius 2 is 2.25 bits per heavy atom. The molecule has 0 saturated heterocycles. The van der Waals surface area contributed by atoms with Gasteiger partial charge in [0.2, 0.25) is 0 Å². The zero-order chi connectivity index (χ0) is 12.0. The average molecular weight is 239 g/mol. The molecule has 0 spiro atoms. The Bertz CT molecular complexity index is 359. The first-order valence-electron chi connectivity index (χ1n) is 5.32. The highest BCUT2D eigenvalue weighted by Crippen LogP contribution is 2.19. The van der Waals surface area contributed by atoms with E-state index >= 15 is 0 Å². The maximum atomic E-state index is 12.9. The fraction of sp³-hybridized carbons (Fsp3) is 0.385. The van der Waals surface area contributed by atoms with Gasteiger partial charge in [-0.2, -0.15) is 0 Å². The van der Waals surface area contributed by atoms with Crippen molar-refractivity contribution in [2.45, 2.75) is 24.8 Å². The van der Waals surface area contributed by atoms with Gasteiger partial charge in [-0.15, -0.1) is 11.8 Å². The molecule has 1 atom stereocenters. The van der Waals surface area contributed by atoms with E-state index in [2.05, 4.69) is 25.2 Å². The second-order valence-corrected chi connectivity index (χ2v) is 5.00. The van der Waals surface area contributed by atoms with E-state index in [9.17, 15) is 4.39 Å². The molecule has 3 heteroatoms. The summed E-state index contributed by atoms with van der Waals surface area (Å²) in [6, 6.07) is 7.05. The minimum atomic E-state index is -0.173. The predicted molar refractivity (Wildman–Crippen MR) is 69.4 cm³/mol. The van der Waals surface area contributed by atoms with Crippen LogP contribution < -0.4 is 5.32 Å². The molecule has 1 rings (SSSR count). The summed E-state index contributed by atoms with van der Waals surface area (Å²) >= 11 is 1.66. The molecule has 16 heavy (non-hydrogen) atoms. The van der Waals surface area contributed by atoms with Gasteiger partial charge in [-0.3, -0.25) is 0 Å². The normalized spacial score (nSPS) is 12.2. The lowest BCUT2D eigenvalue weighted by Crippen LogP contribution is -2.25. The molecule has 0 fully saturated rings. The minimum Gasteiger partial charge on any atom is -0.313 e. The Balaban J connectivity index is 2.53. The zero-order valence-corrected chi connectivity index (χ0v) is 10.8. The highest BCUT2D eigenvalue weighted by Gasteiger charge is 2.03. The molecule has 1 aromatic carbocycles. The van der Waals surface area contributed by atoms with Crippen LogP contribution in [-0.2, 0) is 0 Å². The van der Waals surface area contributed by atoms with Gasteiger partial charge in [-0.25, -0.2) is 4.39 Å². The van der Waals surface area contributed by atoms with Crippen molar-refractivity contribution in [3.63, 3.8) is 0 Å². The van der Waals surface area contributed by atoms with Crippen molar-refractivity contribution in [2.75, 3.05) is 12.8 Å². The Kier molecular flexibility index (Phi) is 5.56. The van der Waals surface area contributed by atoms with Crippen LogP contribution in [0, 0.1) is 5.82 Å². The van der Waals surface area contributed by atoms with Crippen LogP contribution in [0.25, 0.3) is 0 Å². The first-order valence-corrected chi connectivity index (χ1v) is 6.31. The van der Waals surface area contributed by atoms with Gasteiger partial charge >= 0.3 is 0 Å². The van der Waals surface area contributed by atoms with Gasteiger partial charge < -0.3 is 5.32 Å². The molecule has 0 amide bonds. The minimum absolute atomic E-state index is 0.173. The maximum absolute atomic E-state index is 12.9. The molecule has 0 radical (unpaired) electrons. The molecule has 0 bridgehead atoms. The Morgan fingerprint density at radius 3 is 2.81 bits per heavy atom. The van der Waals surface area contributed by atoms with Gasteiger partial charge in [-0.05, 0) is 39.1 Å². The molecular formula is C13H18FNS. The topological polar surface area (TPSA) is 12.0 Å². The molecule has 1 nitrogen and oxygen atoms in total. The summed E-state index contributed by atoms with van der Waals surface area (Å²) in [6.45, 7) is 4.16. The molecule has 0 aliphatic heterocycles. The quantitative estimate of drug-likeness (QED) is 0.623. The van der Waals surface area contributed by atoms with Gasteiger partial charge in [0.05, 0.1) is 0 Å². The van der Waals surface area contributed by atoms with E-state index in [1.165, 1.54) is 11.6 Å².